The molecule has 30 heavy (non-hydrogen) atoms. The molecular formula is C24H19N3O2S. The first kappa shape index (κ1) is 18.5. The van der Waals surface area contributed by atoms with Crippen LogP contribution in [0.5, 0.6) is 5.75 Å². The number of rotatable bonds is 5. The minimum atomic E-state index is 0.480. The van der Waals surface area contributed by atoms with Gasteiger partial charge in [-0.05, 0) is 54.2 Å². The number of fused-ring (bicyclic) bond motifs is 1. The quantitative estimate of drug-likeness (QED) is 0.421. The Morgan fingerprint density at radius 1 is 1.03 bits per heavy atom. The molecule has 2 aromatic heterocycles. The summed E-state index contributed by atoms with van der Waals surface area (Å²) in [6, 6.07) is 24.7. The van der Waals surface area contributed by atoms with Gasteiger partial charge in [0.25, 0.3) is 0 Å². The Bertz CT molecular complexity index is 1280. The fraction of sp³-hybridized carbons (Fsp3) is 0.125. The minimum absolute atomic E-state index is 0.480. The fourth-order valence-corrected chi connectivity index (χ4v) is 3.90. The predicted molar refractivity (Wildman–Crippen MR) is 122 cm³/mol. The number of aromatic nitrogens is 2. The van der Waals surface area contributed by atoms with Crippen molar-refractivity contribution in [3.63, 3.8) is 0 Å². The van der Waals surface area contributed by atoms with E-state index in [1.165, 1.54) is 0 Å². The van der Waals surface area contributed by atoms with Gasteiger partial charge >= 0.3 is 0 Å². The van der Waals surface area contributed by atoms with Crippen LogP contribution in [0.15, 0.2) is 78.0 Å². The Morgan fingerprint density at radius 2 is 1.90 bits per heavy atom. The summed E-state index contributed by atoms with van der Waals surface area (Å²) < 4.78 is 7.71. The smallest absolute Gasteiger partial charge is 0.204 e. The molecule has 0 aliphatic carbocycles. The molecular weight excluding hydrogens is 394 g/mol. The number of hydrogen-bond donors (Lipinski definition) is 0. The van der Waals surface area contributed by atoms with Crippen LogP contribution < -0.4 is 4.74 Å². The summed E-state index contributed by atoms with van der Waals surface area (Å²) in [7, 11) is 1.69. The highest BCUT2D eigenvalue weighted by Gasteiger charge is 2.18. The maximum absolute atomic E-state index is 5.42. The second kappa shape index (κ2) is 7.72. The second-order valence-corrected chi connectivity index (χ2v) is 7.55. The van der Waals surface area contributed by atoms with Gasteiger partial charge in [-0.15, -0.1) is 0 Å². The van der Waals surface area contributed by atoms with Crippen molar-refractivity contribution in [2.75, 3.05) is 7.11 Å². The number of ether oxygens (including phenoxy) is 1. The van der Waals surface area contributed by atoms with Crippen molar-refractivity contribution in [2.45, 2.75) is 13.0 Å². The zero-order chi connectivity index (χ0) is 20.5. The summed E-state index contributed by atoms with van der Waals surface area (Å²) in [5.74, 6) is 0.842. The van der Waals surface area contributed by atoms with Crippen molar-refractivity contribution in [3.8, 4) is 17.0 Å². The van der Waals surface area contributed by atoms with E-state index in [0.717, 1.165) is 45.0 Å². The van der Waals surface area contributed by atoms with Crippen molar-refractivity contribution in [1.82, 2.24) is 9.55 Å². The lowest BCUT2D eigenvalue weighted by molar-refractivity contribution is 0.348. The number of oxime groups is 1. The van der Waals surface area contributed by atoms with Gasteiger partial charge in [-0.1, -0.05) is 41.6 Å². The van der Waals surface area contributed by atoms with E-state index in [1.54, 1.807) is 7.11 Å². The number of benzene rings is 2. The Morgan fingerprint density at radius 3 is 2.67 bits per heavy atom. The van der Waals surface area contributed by atoms with Crippen LogP contribution in [-0.4, -0.2) is 27.4 Å². The molecule has 0 spiro atoms. The van der Waals surface area contributed by atoms with Crippen LogP contribution >= 0.6 is 12.2 Å². The van der Waals surface area contributed by atoms with Crippen LogP contribution in [0.3, 0.4) is 0 Å². The number of methoxy groups -OCH3 is 1. The van der Waals surface area contributed by atoms with Crippen molar-refractivity contribution in [2.24, 2.45) is 5.16 Å². The summed E-state index contributed by atoms with van der Waals surface area (Å²) in [6.07, 6.45) is 0.521. The first-order valence-corrected chi connectivity index (χ1v) is 10.1. The molecule has 0 unspecified atom stereocenters. The highest BCUT2D eigenvalue weighted by molar-refractivity contribution is 7.80. The molecule has 4 aromatic rings. The predicted octanol–water partition coefficient (Wildman–Crippen LogP) is 5.21. The molecule has 0 fully saturated rings. The molecule has 0 saturated heterocycles. The molecule has 5 nitrogen and oxygen atoms in total. The third kappa shape index (κ3) is 3.46. The van der Waals surface area contributed by atoms with Crippen LogP contribution in [0.1, 0.15) is 17.8 Å². The SMILES string of the molecule is COc1ccc2c(c1)cc(-c1ccccc1)n2Cc1cccc(C2=NOC(=S)C2)n1. The van der Waals surface area contributed by atoms with Gasteiger partial charge in [0.1, 0.15) is 11.5 Å². The van der Waals surface area contributed by atoms with E-state index in [1.807, 2.05) is 30.3 Å². The van der Waals surface area contributed by atoms with Gasteiger partial charge in [0, 0.05) is 16.6 Å². The van der Waals surface area contributed by atoms with Gasteiger partial charge < -0.3 is 14.1 Å². The second-order valence-electron chi connectivity index (χ2n) is 7.10. The molecule has 6 heteroatoms. The molecule has 1 aliphatic rings. The van der Waals surface area contributed by atoms with E-state index in [9.17, 15) is 0 Å². The van der Waals surface area contributed by atoms with Gasteiger partial charge in [-0.25, -0.2) is 4.98 Å². The lowest BCUT2D eigenvalue weighted by Crippen LogP contribution is -2.08. The van der Waals surface area contributed by atoms with E-state index in [-0.39, 0.29) is 0 Å². The molecule has 0 radical (unpaired) electrons. The van der Waals surface area contributed by atoms with Gasteiger partial charge in [-0.3, -0.25) is 0 Å². The first-order chi connectivity index (χ1) is 14.7. The van der Waals surface area contributed by atoms with Crippen molar-refractivity contribution < 1.29 is 9.57 Å². The summed E-state index contributed by atoms with van der Waals surface area (Å²) >= 11 is 5.09. The van der Waals surface area contributed by atoms with Crippen LogP contribution in [0.25, 0.3) is 22.2 Å². The average Bonchev–Trinajstić information content (AvgIpc) is 3.38. The van der Waals surface area contributed by atoms with Crippen molar-refractivity contribution in [1.29, 1.82) is 0 Å². The fourth-order valence-electron chi connectivity index (χ4n) is 3.73. The molecule has 0 bridgehead atoms. The lowest BCUT2D eigenvalue weighted by Gasteiger charge is -2.12. The molecule has 0 N–H and O–H groups in total. The maximum Gasteiger partial charge on any atom is 0.204 e. The maximum atomic E-state index is 5.42. The standard InChI is InChI=1S/C24H19N3O2S/c1-28-19-10-11-22-17(12-19)13-23(16-6-3-2-4-7-16)27(22)15-18-8-5-9-20(25-18)21-14-24(30)29-26-21/h2-13H,14-15H2,1H3. The van der Waals surface area contributed by atoms with E-state index < -0.39 is 0 Å². The topological polar surface area (TPSA) is 48.6 Å². The zero-order valence-electron chi connectivity index (χ0n) is 16.4. The monoisotopic (exact) mass is 413 g/mol. The summed E-state index contributed by atoms with van der Waals surface area (Å²) in [4.78, 5) is 9.91. The van der Waals surface area contributed by atoms with E-state index in [2.05, 4.69) is 52.2 Å². The Hall–Kier alpha value is -3.51. The van der Waals surface area contributed by atoms with Crippen molar-refractivity contribution >= 4 is 33.9 Å². The van der Waals surface area contributed by atoms with Crippen LogP contribution in [0, 0.1) is 0 Å². The van der Waals surface area contributed by atoms with Crippen molar-refractivity contribution in [3.05, 3.63) is 84.2 Å². The van der Waals surface area contributed by atoms with Gasteiger partial charge in [0.05, 0.1) is 31.5 Å². The molecule has 0 atom stereocenters. The zero-order valence-corrected chi connectivity index (χ0v) is 17.2. The summed E-state index contributed by atoms with van der Waals surface area (Å²) in [5.41, 5.74) is 5.93. The molecule has 0 amide bonds. The molecule has 5 rings (SSSR count). The minimum Gasteiger partial charge on any atom is -0.497 e. The normalized spacial score (nSPS) is 13.4. The van der Waals surface area contributed by atoms with Crippen LogP contribution in [0.2, 0.25) is 0 Å². The largest absolute Gasteiger partial charge is 0.497 e. The molecule has 3 heterocycles. The highest BCUT2D eigenvalue weighted by Crippen LogP contribution is 2.31. The number of thiocarbonyl (C=S) groups is 1. The summed E-state index contributed by atoms with van der Waals surface area (Å²) in [5, 5.41) is 5.66. The first-order valence-electron chi connectivity index (χ1n) is 9.67. The summed E-state index contributed by atoms with van der Waals surface area (Å²) in [6.45, 7) is 0.631. The van der Waals surface area contributed by atoms with Gasteiger partial charge in [0.2, 0.25) is 5.05 Å². The average molecular weight is 414 g/mol. The number of nitrogens with zero attached hydrogens (tertiary/aromatic N) is 3. The van der Waals surface area contributed by atoms with Crippen LogP contribution in [0.4, 0.5) is 0 Å². The number of hydrogen-bond acceptors (Lipinski definition) is 5. The molecule has 2 aromatic carbocycles. The molecule has 148 valence electrons. The lowest BCUT2D eigenvalue weighted by atomic mass is 10.1. The van der Waals surface area contributed by atoms with Gasteiger partial charge in [0.15, 0.2) is 0 Å². The van der Waals surface area contributed by atoms with E-state index in [0.29, 0.717) is 18.0 Å². The number of pyridine rings is 1. The van der Waals surface area contributed by atoms with Crippen LogP contribution in [-0.2, 0) is 11.4 Å². The third-order valence-electron chi connectivity index (χ3n) is 5.17. The molecule has 0 saturated carbocycles. The Kier molecular flexibility index (Phi) is 4.77. The molecule has 1 aliphatic heterocycles. The highest BCUT2D eigenvalue weighted by atomic mass is 32.1. The third-order valence-corrected chi connectivity index (χ3v) is 5.39. The van der Waals surface area contributed by atoms with E-state index >= 15 is 0 Å². The Labute approximate surface area is 179 Å². The van der Waals surface area contributed by atoms with E-state index in [4.69, 9.17) is 26.8 Å². The van der Waals surface area contributed by atoms with Gasteiger partial charge in [-0.2, -0.15) is 0 Å². The Balaban J connectivity index is 1.59.